The Morgan fingerprint density at radius 2 is 1.94 bits per heavy atom. The van der Waals surface area contributed by atoms with Crippen LogP contribution in [0, 0.1) is 13.8 Å². The molecule has 34 heavy (non-hydrogen) atoms. The van der Waals surface area contributed by atoms with Crippen molar-refractivity contribution >= 4 is 0 Å². The molecule has 0 saturated carbocycles. The van der Waals surface area contributed by atoms with Gasteiger partial charge in [-0.15, -0.1) is 0 Å². The molecule has 1 aliphatic heterocycles. The summed E-state index contributed by atoms with van der Waals surface area (Å²) >= 11 is 0. The van der Waals surface area contributed by atoms with E-state index >= 15 is 0 Å². The Labute approximate surface area is 203 Å². The maximum Gasteiger partial charge on any atom is 0.254 e. The highest BCUT2D eigenvalue weighted by Gasteiger charge is 2.27. The number of aryl methyl sites for hydroxylation is 2. The van der Waals surface area contributed by atoms with Crippen molar-refractivity contribution in [1.82, 2.24) is 14.5 Å². The van der Waals surface area contributed by atoms with Crippen LogP contribution in [-0.4, -0.2) is 40.8 Å². The normalized spacial score (nSPS) is 21.6. The fourth-order valence-corrected chi connectivity index (χ4v) is 5.23. The van der Waals surface area contributed by atoms with Crippen LogP contribution in [0.15, 0.2) is 69.6 Å². The predicted octanol–water partition coefficient (Wildman–Crippen LogP) is 5.27. The molecule has 0 spiro atoms. The monoisotopic (exact) mass is 463 g/mol. The number of piperidine rings is 1. The fraction of sp³-hybridized carbons (Fsp3) is 0.500. The van der Waals surface area contributed by atoms with Gasteiger partial charge in [-0.1, -0.05) is 25.2 Å². The first kappa shape index (κ1) is 24.1. The molecule has 1 aromatic heterocycles. The highest BCUT2D eigenvalue weighted by atomic mass is 16.5. The molecule has 6 heteroatoms. The molecule has 2 aliphatic carbocycles. The van der Waals surface area contributed by atoms with Crippen molar-refractivity contribution in [1.29, 1.82) is 0 Å². The number of aromatic nitrogens is 2. The summed E-state index contributed by atoms with van der Waals surface area (Å²) in [5, 5.41) is 0. The molecule has 0 bridgehead atoms. The summed E-state index contributed by atoms with van der Waals surface area (Å²) < 4.78 is 14.0. The molecule has 0 N–H and O–H groups in total. The molecular weight excluding hydrogens is 426 g/mol. The third kappa shape index (κ3) is 5.06. The van der Waals surface area contributed by atoms with Crippen LogP contribution in [0.2, 0.25) is 0 Å². The maximum absolute atomic E-state index is 12.6. The highest BCUT2D eigenvalue weighted by molar-refractivity contribution is 5.34. The van der Waals surface area contributed by atoms with E-state index in [-0.39, 0.29) is 17.7 Å². The van der Waals surface area contributed by atoms with Gasteiger partial charge in [0, 0.05) is 43.4 Å². The van der Waals surface area contributed by atoms with Crippen molar-refractivity contribution in [3.8, 4) is 0 Å². The molecule has 1 aromatic rings. The molecule has 1 atom stereocenters. The molecule has 1 saturated heterocycles. The minimum atomic E-state index is 0.0210. The average molecular weight is 464 g/mol. The summed E-state index contributed by atoms with van der Waals surface area (Å²) in [5.41, 5.74) is 4.68. The second-order valence-corrected chi connectivity index (χ2v) is 9.41. The Hall–Kier alpha value is -3.02. The molecule has 3 aliphatic rings. The van der Waals surface area contributed by atoms with Gasteiger partial charge >= 0.3 is 0 Å². The van der Waals surface area contributed by atoms with Crippen LogP contribution in [0.5, 0.6) is 0 Å². The summed E-state index contributed by atoms with van der Waals surface area (Å²) in [6.07, 6.45) is 15.4. The lowest BCUT2D eigenvalue weighted by Crippen LogP contribution is -2.37. The molecule has 0 amide bonds. The number of hydrogen-bond donors (Lipinski definition) is 0. The van der Waals surface area contributed by atoms with Gasteiger partial charge in [0.05, 0.1) is 13.2 Å². The number of nitrogens with zero attached hydrogens (tertiary/aromatic N) is 3. The Balaban J connectivity index is 1.41. The van der Waals surface area contributed by atoms with Crippen LogP contribution in [0.25, 0.3) is 0 Å². The van der Waals surface area contributed by atoms with Crippen LogP contribution in [0.4, 0.5) is 0 Å². The van der Waals surface area contributed by atoms with Gasteiger partial charge in [0.25, 0.3) is 5.56 Å². The van der Waals surface area contributed by atoms with E-state index in [0.29, 0.717) is 0 Å². The van der Waals surface area contributed by atoms with E-state index in [9.17, 15) is 4.79 Å². The van der Waals surface area contributed by atoms with E-state index in [1.165, 1.54) is 16.8 Å². The van der Waals surface area contributed by atoms with Crippen molar-refractivity contribution in [3.63, 3.8) is 0 Å². The molecule has 0 aromatic carbocycles. The van der Waals surface area contributed by atoms with Crippen molar-refractivity contribution < 1.29 is 9.47 Å². The smallest absolute Gasteiger partial charge is 0.254 e. The predicted molar refractivity (Wildman–Crippen MR) is 135 cm³/mol. The second kappa shape index (κ2) is 10.5. The number of rotatable bonds is 6. The Kier molecular flexibility index (Phi) is 7.44. The molecule has 1 fully saturated rings. The van der Waals surface area contributed by atoms with Crippen LogP contribution in [-0.2, 0) is 9.47 Å². The Morgan fingerprint density at radius 1 is 1.18 bits per heavy atom. The molecule has 6 nitrogen and oxygen atoms in total. The minimum absolute atomic E-state index is 0.0210. The quantitative estimate of drug-likeness (QED) is 0.575. The van der Waals surface area contributed by atoms with E-state index in [4.69, 9.17) is 9.47 Å². The first-order valence-corrected chi connectivity index (χ1v) is 12.4. The maximum atomic E-state index is 12.6. The lowest BCUT2D eigenvalue weighted by atomic mass is 9.96. The molecule has 0 radical (unpaired) electrons. The highest BCUT2D eigenvalue weighted by Crippen LogP contribution is 2.33. The van der Waals surface area contributed by atoms with E-state index in [1.54, 1.807) is 13.2 Å². The van der Waals surface area contributed by atoms with Gasteiger partial charge in [-0.3, -0.25) is 9.36 Å². The zero-order valence-electron chi connectivity index (χ0n) is 21.1. The standard InChI is InChI=1S/C28H37N3O3/c1-6-22-9-7-8-10-26(33-5)28(22)34-24-13-15-30(16-14-24)25-12-11-23(17-19(25)2)31-21(4)29-20(3)18-27(31)32/h7-8,10-12,18,23-24H,6,9,13-17H2,1-5H3. The Bertz CT molecular complexity index is 1130. The van der Waals surface area contributed by atoms with E-state index in [0.717, 1.165) is 68.2 Å². The summed E-state index contributed by atoms with van der Waals surface area (Å²) in [5.74, 6) is 2.52. The zero-order valence-corrected chi connectivity index (χ0v) is 21.1. The molecule has 182 valence electrons. The SMILES string of the molecule is CCC1=C(OC2CCN(C3=C(C)CC(n4c(C)nc(C)cc4=O)C=C3)CC2)C(OC)=CC=CC1. The minimum Gasteiger partial charge on any atom is -0.493 e. The number of allylic oxidation sites excluding steroid dienone is 7. The largest absolute Gasteiger partial charge is 0.493 e. The van der Waals surface area contributed by atoms with Crippen LogP contribution >= 0.6 is 0 Å². The van der Waals surface area contributed by atoms with E-state index < -0.39 is 0 Å². The lowest BCUT2D eigenvalue weighted by molar-refractivity contribution is 0.0513. The second-order valence-electron chi connectivity index (χ2n) is 9.41. The van der Waals surface area contributed by atoms with Crippen LogP contribution < -0.4 is 5.56 Å². The van der Waals surface area contributed by atoms with Crippen molar-refractivity contribution in [3.05, 3.63) is 86.7 Å². The van der Waals surface area contributed by atoms with Gasteiger partial charge in [-0.25, -0.2) is 4.98 Å². The molecule has 2 heterocycles. The summed E-state index contributed by atoms with van der Waals surface area (Å²) in [6.45, 7) is 10.0. The Morgan fingerprint density at radius 3 is 2.59 bits per heavy atom. The molecular formula is C28H37N3O3. The first-order valence-electron chi connectivity index (χ1n) is 12.4. The number of hydrogen-bond acceptors (Lipinski definition) is 5. The first-order chi connectivity index (χ1) is 16.4. The van der Waals surface area contributed by atoms with Gasteiger partial charge in [-0.05, 0) is 63.3 Å². The number of ether oxygens (including phenoxy) is 2. The topological polar surface area (TPSA) is 56.6 Å². The van der Waals surface area contributed by atoms with Crippen molar-refractivity contribution in [2.75, 3.05) is 20.2 Å². The zero-order chi connectivity index (χ0) is 24.2. The third-order valence-corrected chi connectivity index (χ3v) is 7.02. The number of likely N-dealkylation sites (tertiary alicyclic amines) is 1. The van der Waals surface area contributed by atoms with Gasteiger partial charge in [0.1, 0.15) is 11.9 Å². The summed E-state index contributed by atoms with van der Waals surface area (Å²) in [6, 6.07) is 1.64. The van der Waals surface area contributed by atoms with Gasteiger partial charge in [-0.2, -0.15) is 0 Å². The fourth-order valence-electron chi connectivity index (χ4n) is 5.23. The van der Waals surface area contributed by atoms with E-state index in [1.807, 2.05) is 30.6 Å². The summed E-state index contributed by atoms with van der Waals surface area (Å²) in [7, 11) is 1.71. The van der Waals surface area contributed by atoms with Crippen LogP contribution in [0.1, 0.15) is 63.5 Å². The van der Waals surface area contributed by atoms with E-state index in [2.05, 4.69) is 42.0 Å². The number of methoxy groups -OCH3 is 1. The van der Waals surface area contributed by atoms with Crippen LogP contribution in [0.3, 0.4) is 0 Å². The molecule has 1 unspecified atom stereocenters. The molecule has 4 rings (SSSR count). The average Bonchev–Trinajstić information content (AvgIpc) is 3.00. The van der Waals surface area contributed by atoms with Gasteiger partial charge in [0.2, 0.25) is 0 Å². The van der Waals surface area contributed by atoms with Crippen molar-refractivity contribution in [2.45, 2.75) is 71.9 Å². The van der Waals surface area contributed by atoms with Gasteiger partial charge in [0.15, 0.2) is 11.5 Å². The van der Waals surface area contributed by atoms with Crippen molar-refractivity contribution in [2.24, 2.45) is 0 Å². The van der Waals surface area contributed by atoms with Gasteiger partial charge < -0.3 is 14.4 Å². The third-order valence-electron chi connectivity index (χ3n) is 7.02. The lowest BCUT2D eigenvalue weighted by Gasteiger charge is -2.37. The summed E-state index contributed by atoms with van der Waals surface area (Å²) in [4.78, 5) is 19.5.